The molecule has 9 heteroatoms. The van der Waals surface area contributed by atoms with E-state index in [-0.39, 0.29) is 5.91 Å². The molecule has 0 aromatic carbocycles. The summed E-state index contributed by atoms with van der Waals surface area (Å²) in [6.07, 6.45) is 4.62. The van der Waals surface area contributed by atoms with Crippen LogP contribution in [0.2, 0.25) is 0 Å². The summed E-state index contributed by atoms with van der Waals surface area (Å²) in [5.41, 5.74) is 1.49. The third-order valence-corrected chi connectivity index (χ3v) is 5.65. The molecule has 0 saturated heterocycles. The van der Waals surface area contributed by atoms with Gasteiger partial charge in [-0.15, -0.1) is 22.7 Å². The lowest BCUT2D eigenvalue weighted by atomic mass is 9.93. The van der Waals surface area contributed by atoms with Crippen LogP contribution in [0.1, 0.15) is 34.4 Å². The van der Waals surface area contributed by atoms with Crippen molar-refractivity contribution in [2.75, 3.05) is 5.32 Å². The molecular weight excluding hydrogens is 332 g/mol. The minimum Gasteiger partial charge on any atom is -0.296 e. The maximum absolute atomic E-state index is 12.3. The van der Waals surface area contributed by atoms with Crippen molar-refractivity contribution in [1.82, 2.24) is 25.1 Å². The quantitative estimate of drug-likeness (QED) is 0.760. The zero-order valence-corrected chi connectivity index (χ0v) is 14.0. The molecular formula is C14H14N6OS2. The molecule has 1 amide bonds. The first-order chi connectivity index (χ1) is 11.2. The van der Waals surface area contributed by atoms with Crippen molar-refractivity contribution in [1.29, 1.82) is 0 Å². The van der Waals surface area contributed by atoms with Gasteiger partial charge >= 0.3 is 0 Å². The molecule has 118 valence electrons. The highest BCUT2D eigenvalue weighted by Crippen LogP contribution is 2.32. The highest BCUT2D eigenvalue weighted by Gasteiger charge is 2.21. The van der Waals surface area contributed by atoms with Crippen LogP contribution in [0.5, 0.6) is 0 Å². The average Bonchev–Trinajstić information content (AvgIpc) is 3.26. The lowest BCUT2D eigenvalue weighted by Gasteiger charge is -2.15. The summed E-state index contributed by atoms with van der Waals surface area (Å²) in [5.74, 6) is 1.01. The third kappa shape index (κ3) is 2.89. The minimum atomic E-state index is -0.244. The number of H-pyrrole nitrogens is 1. The van der Waals surface area contributed by atoms with Gasteiger partial charge in [0.25, 0.3) is 5.91 Å². The monoisotopic (exact) mass is 346 g/mol. The molecule has 3 aromatic rings. The molecule has 1 atom stereocenters. The zero-order chi connectivity index (χ0) is 15.8. The van der Waals surface area contributed by atoms with E-state index in [0.717, 1.165) is 25.0 Å². The number of thiazole rings is 2. The van der Waals surface area contributed by atoms with Crippen LogP contribution in [-0.2, 0) is 12.8 Å². The first-order valence-corrected chi connectivity index (χ1v) is 9.00. The van der Waals surface area contributed by atoms with Gasteiger partial charge in [0, 0.05) is 10.3 Å². The third-order valence-electron chi connectivity index (χ3n) is 3.76. The van der Waals surface area contributed by atoms with Crippen molar-refractivity contribution in [3.8, 4) is 10.8 Å². The summed E-state index contributed by atoms with van der Waals surface area (Å²) in [6.45, 7) is 2.25. The van der Waals surface area contributed by atoms with Crippen molar-refractivity contribution in [3.63, 3.8) is 0 Å². The summed E-state index contributed by atoms with van der Waals surface area (Å²) in [5, 5.41) is 12.4. The molecule has 0 bridgehead atoms. The Labute approximate surface area is 140 Å². The van der Waals surface area contributed by atoms with Gasteiger partial charge in [-0.1, -0.05) is 6.92 Å². The number of carbonyl (C=O) groups is 1. The molecule has 23 heavy (non-hydrogen) atoms. The molecule has 2 N–H and O–H groups in total. The lowest BCUT2D eigenvalue weighted by molar-refractivity contribution is 0.102. The van der Waals surface area contributed by atoms with Crippen molar-refractivity contribution in [3.05, 3.63) is 28.0 Å². The fourth-order valence-electron chi connectivity index (χ4n) is 2.55. The molecule has 0 radical (unpaired) electrons. The summed E-state index contributed by atoms with van der Waals surface area (Å²) < 4.78 is 0. The number of hydrogen-bond donors (Lipinski definition) is 2. The number of aryl methyl sites for hydroxylation is 1. The molecule has 1 aliphatic rings. The number of carbonyl (C=O) groups excluding carboxylic acids is 1. The van der Waals surface area contributed by atoms with Crippen LogP contribution in [-0.4, -0.2) is 31.1 Å². The van der Waals surface area contributed by atoms with Crippen molar-refractivity contribution < 1.29 is 4.79 Å². The highest BCUT2D eigenvalue weighted by atomic mass is 32.1. The van der Waals surface area contributed by atoms with Gasteiger partial charge in [-0.2, -0.15) is 5.10 Å². The predicted octanol–water partition coefficient (Wildman–Crippen LogP) is 2.76. The minimum absolute atomic E-state index is 0.244. The highest BCUT2D eigenvalue weighted by molar-refractivity contribution is 7.16. The van der Waals surface area contributed by atoms with E-state index in [1.807, 2.05) is 0 Å². The number of nitrogens with one attached hydrogen (secondary N) is 2. The fourth-order valence-corrected chi connectivity index (χ4v) is 4.46. The normalized spacial score (nSPS) is 17.0. The van der Waals surface area contributed by atoms with Crippen LogP contribution in [0.4, 0.5) is 5.13 Å². The van der Waals surface area contributed by atoms with Crippen LogP contribution in [0.3, 0.4) is 0 Å². The van der Waals surface area contributed by atoms with Gasteiger partial charge in [0.2, 0.25) is 0 Å². The Morgan fingerprint density at radius 1 is 1.43 bits per heavy atom. The Balaban J connectivity index is 1.50. The standard InChI is InChI=1S/C14H14N6OS2/c1-7-2-3-8-10(4-7)23-14(18-8)19-12(21)9-5-22-13(17-9)11-15-6-16-20-11/h5-7H,2-4H2,1H3,(H,15,16,20)(H,18,19,21)/t7-/m0/s1. The Morgan fingerprint density at radius 2 is 2.35 bits per heavy atom. The van der Waals surface area contributed by atoms with Crippen molar-refractivity contribution in [2.24, 2.45) is 5.92 Å². The van der Waals surface area contributed by atoms with Gasteiger partial charge in [-0.05, 0) is 25.2 Å². The molecule has 3 aromatic heterocycles. The second kappa shape index (κ2) is 5.82. The number of amides is 1. The van der Waals surface area contributed by atoms with Crippen LogP contribution in [0.15, 0.2) is 11.7 Å². The zero-order valence-electron chi connectivity index (χ0n) is 12.4. The van der Waals surface area contributed by atoms with E-state index < -0.39 is 0 Å². The molecule has 3 heterocycles. The average molecular weight is 346 g/mol. The number of hydrogen-bond acceptors (Lipinski definition) is 7. The SMILES string of the molecule is C[C@H]1CCc2nc(NC(=O)c3csc(-c4ncn[nH]4)n3)sc2C1. The fraction of sp³-hybridized carbons (Fsp3) is 0.357. The number of aromatic amines is 1. The summed E-state index contributed by atoms with van der Waals surface area (Å²) in [6, 6.07) is 0. The smallest absolute Gasteiger partial charge is 0.276 e. The molecule has 0 spiro atoms. The first kappa shape index (κ1) is 14.5. The Kier molecular flexibility index (Phi) is 3.66. The van der Waals surface area contributed by atoms with Gasteiger partial charge < -0.3 is 0 Å². The van der Waals surface area contributed by atoms with Crippen LogP contribution < -0.4 is 5.32 Å². The van der Waals surface area contributed by atoms with Crippen LogP contribution in [0, 0.1) is 5.92 Å². The summed E-state index contributed by atoms with van der Waals surface area (Å²) >= 11 is 2.92. The number of rotatable bonds is 3. The lowest BCUT2D eigenvalue weighted by Crippen LogP contribution is -2.12. The van der Waals surface area contributed by atoms with E-state index in [1.54, 1.807) is 16.7 Å². The first-order valence-electron chi connectivity index (χ1n) is 7.30. The van der Waals surface area contributed by atoms with Gasteiger partial charge in [0.15, 0.2) is 16.0 Å². The molecule has 0 aliphatic heterocycles. The van der Waals surface area contributed by atoms with E-state index in [0.29, 0.717) is 27.6 Å². The Morgan fingerprint density at radius 3 is 3.17 bits per heavy atom. The van der Waals surface area contributed by atoms with E-state index in [2.05, 4.69) is 37.4 Å². The number of aromatic nitrogens is 5. The summed E-state index contributed by atoms with van der Waals surface area (Å²) in [4.78, 5) is 26.5. The van der Waals surface area contributed by atoms with Gasteiger partial charge in [-0.25, -0.2) is 15.0 Å². The second-order valence-electron chi connectivity index (χ2n) is 5.56. The van der Waals surface area contributed by atoms with Gasteiger partial charge in [-0.3, -0.25) is 15.2 Å². The van der Waals surface area contributed by atoms with Crippen LogP contribution in [0.25, 0.3) is 10.8 Å². The molecule has 1 aliphatic carbocycles. The van der Waals surface area contributed by atoms with Crippen LogP contribution >= 0.6 is 22.7 Å². The number of nitrogens with zero attached hydrogens (tertiary/aromatic N) is 4. The van der Waals surface area contributed by atoms with E-state index in [1.165, 1.54) is 22.5 Å². The largest absolute Gasteiger partial charge is 0.296 e. The second-order valence-corrected chi connectivity index (χ2v) is 7.50. The number of fused-ring (bicyclic) bond motifs is 1. The predicted molar refractivity (Wildman–Crippen MR) is 88.7 cm³/mol. The topological polar surface area (TPSA) is 96.5 Å². The maximum Gasteiger partial charge on any atom is 0.276 e. The summed E-state index contributed by atoms with van der Waals surface area (Å²) in [7, 11) is 0. The van der Waals surface area contributed by atoms with Gasteiger partial charge in [0.05, 0.1) is 5.69 Å². The number of anilines is 1. The molecule has 0 saturated carbocycles. The van der Waals surface area contributed by atoms with Crippen molar-refractivity contribution >= 4 is 33.7 Å². The molecule has 4 rings (SSSR count). The Hall–Kier alpha value is -2.13. The van der Waals surface area contributed by atoms with E-state index >= 15 is 0 Å². The van der Waals surface area contributed by atoms with E-state index in [4.69, 9.17) is 0 Å². The molecule has 0 unspecified atom stereocenters. The van der Waals surface area contributed by atoms with Crippen molar-refractivity contribution in [2.45, 2.75) is 26.2 Å². The Bertz CT molecular complexity index is 837. The molecule has 7 nitrogen and oxygen atoms in total. The maximum atomic E-state index is 12.3. The van der Waals surface area contributed by atoms with E-state index in [9.17, 15) is 4.79 Å². The van der Waals surface area contributed by atoms with Gasteiger partial charge in [0.1, 0.15) is 12.0 Å². The molecule has 0 fully saturated rings.